The standard InChI is InChI=1S/C15H17BrClN3/c1-20(10-11-3-2-6-19-9-11)15(8-18)13-5-4-12(16)7-14(13)17/h2-7,9,15H,8,10,18H2,1H3. The van der Waals surface area contributed by atoms with Gasteiger partial charge in [-0.2, -0.15) is 0 Å². The van der Waals surface area contributed by atoms with Crippen molar-refractivity contribution in [2.45, 2.75) is 12.6 Å². The molecule has 0 saturated heterocycles. The van der Waals surface area contributed by atoms with E-state index in [0.717, 1.165) is 27.2 Å². The summed E-state index contributed by atoms with van der Waals surface area (Å²) in [5.41, 5.74) is 8.14. The van der Waals surface area contributed by atoms with E-state index in [2.05, 4.69) is 31.9 Å². The Balaban J connectivity index is 2.19. The molecule has 1 unspecified atom stereocenters. The minimum Gasteiger partial charge on any atom is -0.329 e. The summed E-state index contributed by atoms with van der Waals surface area (Å²) in [5.74, 6) is 0. The summed E-state index contributed by atoms with van der Waals surface area (Å²) in [6.07, 6.45) is 3.64. The van der Waals surface area contributed by atoms with Crippen LogP contribution in [0.15, 0.2) is 47.2 Å². The third-order valence-electron chi connectivity index (χ3n) is 3.23. The van der Waals surface area contributed by atoms with Gasteiger partial charge in [0.1, 0.15) is 0 Å². The lowest BCUT2D eigenvalue weighted by atomic mass is 10.1. The molecule has 0 aliphatic carbocycles. The third kappa shape index (κ3) is 3.79. The first-order valence-corrected chi connectivity index (χ1v) is 7.53. The number of nitrogens with zero attached hydrogens (tertiary/aromatic N) is 2. The van der Waals surface area contributed by atoms with Crippen LogP contribution < -0.4 is 5.73 Å². The fraction of sp³-hybridized carbons (Fsp3) is 0.267. The fourth-order valence-corrected chi connectivity index (χ4v) is 3.01. The largest absolute Gasteiger partial charge is 0.329 e. The first kappa shape index (κ1) is 15.4. The molecule has 0 amide bonds. The number of pyridine rings is 1. The van der Waals surface area contributed by atoms with Crippen molar-refractivity contribution in [2.24, 2.45) is 5.73 Å². The molecule has 0 aliphatic rings. The van der Waals surface area contributed by atoms with Crippen LogP contribution in [0.1, 0.15) is 17.2 Å². The van der Waals surface area contributed by atoms with Gasteiger partial charge in [0.2, 0.25) is 0 Å². The molecule has 0 saturated carbocycles. The highest BCUT2D eigenvalue weighted by molar-refractivity contribution is 9.10. The van der Waals surface area contributed by atoms with Gasteiger partial charge in [-0.15, -0.1) is 0 Å². The van der Waals surface area contributed by atoms with Crippen molar-refractivity contribution in [1.29, 1.82) is 0 Å². The van der Waals surface area contributed by atoms with Gasteiger partial charge in [0.05, 0.1) is 0 Å². The average Bonchev–Trinajstić information content (AvgIpc) is 2.43. The summed E-state index contributed by atoms with van der Waals surface area (Å²) in [6, 6.07) is 9.98. The van der Waals surface area contributed by atoms with E-state index in [4.69, 9.17) is 17.3 Å². The molecule has 0 spiro atoms. The Morgan fingerprint density at radius 3 is 2.80 bits per heavy atom. The highest BCUT2D eigenvalue weighted by Gasteiger charge is 2.18. The highest BCUT2D eigenvalue weighted by Crippen LogP contribution is 2.29. The second-order valence-corrected chi connectivity index (χ2v) is 6.02. The first-order chi connectivity index (χ1) is 9.61. The van der Waals surface area contributed by atoms with Crippen LogP contribution >= 0.6 is 27.5 Å². The number of halogens is 2. The van der Waals surface area contributed by atoms with E-state index < -0.39 is 0 Å². The molecular weight excluding hydrogens is 338 g/mol. The van der Waals surface area contributed by atoms with Crippen LogP contribution in [-0.4, -0.2) is 23.5 Å². The van der Waals surface area contributed by atoms with Gasteiger partial charge < -0.3 is 5.73 Å². The molecule has 1 aromatic heterocycles. The Morgan fingerprint density at radius 1 is 1.40 bits per heavy atom. The summed E-state index contributed by atoms with van der Waals surface area (Å²) >= 11 is 9.75. The van der Waals surface area contributed by atoms with E-state index in [1.165, 1.54) is 0 Å². The predicted octanol–water partition coefficient (Wildman–Crippen LogP) is 3.63. The lowest BCUT2D eigenvalue weighted by molar-refractivity contribution is 0.241. The van der Waals surface area contributed by atoms with Crippen molar-refractivity contribution in [2.75, 3.05) is 13.6 Å². The smallest absolute Gasteiger partial charge is 0.0485 e. The number of hydrogen-bond acceptors (Lipinski definition) is 3. The Hall–Kier alpha value is -0.940. The molecular formula is C15H17BrClN3. The molecule has 2 rings (SSSR count). The second kappa shape index (κ2) is 7.18. The fourth-order valence-electron chi connectivity index (χ4n) is 2.21. The van der Waals surface area contributed by atoms with E-state index in [-0.39, 0.29) is 6.04 Å². The van der Waals surface area contributed by atoms with Gasteiger partial charge >= 0.3 is 0 Å². The van der Waals surface area contributed by atoms with Gasteiger partial charge in [-0.3, -0.25) is 9.88 Å². The van der Waals surface area contributed by atoms with Crippen LogP contribution in [0.5, 0.6) is 0 Å². The van der Waals surface area contributed by atoms with Gasteiger partial charge in [0.15, 0.2) is 0 Å². The maximum atomic E-state index is 6.33. The predicted molar refractivity (Wildman–Crippen MR) is 86.7 cm³/mol. The Kier molecular flexibility index (Phi) is 5.54. The van der Waals surface area contributed by atoms with E-state index in [0.29, 0.717) is 6.54 Å². The topological polar surface area (TPSA) is 42.2 Å². The minimum absolute atomic E-state index is 0.0795. The van der Waals surface area contributed by atoms with E-state index >= 15 is 0 Å². The van der Waals surface area contributed by atoms with Crippen molar-refractivity contribution in [3.05, 3.63) is 63.3 Å². The van der Waals surface area contributed by atoms with Gasteiger partial charge in [-0.25, -0.2) is 0 Å². The average molecular weight is 355 g/mol. The molecule has 20 heavy (non-hydrogen) atoms. The molecule has 1 atom stereocenters. The van der Waals surface area contributed by atoms with Crippen molar-refractivity contribution in [3.8, 4) is 0 Å². The normalized spacial score (nSPS) is 12.7. The summed E-state index contributed by atoms with van der Waals surface area (Å²) in [5, 5.41) is 0.730. The second-order valence-electron chi connectivity index (χ2n) is 4.69. The van der Waals surface area contributed by atoms with Crippen molar-refractivity contribution < 1.29 is 0 Å². The summed E-state index contributed by atoms with van der Waals surface area (Å²) in [7, 11) is 2.04. The zero-order chi connectivity index (χ0) is 14.5. The zero-order valence-corrected chi connectivity index (χ0v) is 13.6. The summed E-state index contributed by atoms with van der Waals surface area (Å²) < 4.78 is 0.969. The van der Waals surface area contributed by atoms with Crippen molar-refractivity contribution in [3.63, 3.8) is 0 Å². The van der Waals surface area contributed by atoms with E-state index in [9.17, 15) is 0 Å². The third-order valence-corrected chi connectivity index (χ3v) is 4.05. The van der Waals surface area contributed by atoms with Gasteiger partial charge in [-0.05, 0) is 36.4 Å². The van der Waals surface area contributed by atoms with Crippen LogP contribution in [-0.2, 0) is 6.54 Å². The molecule has 0 bridgehead atoms. The van der Waals surface area contributed by atoms with Crippen LogP contribution in [0, 0.1) is 0 Å². The molecule has 0 aliphatic heterocycles. The number of likely N-dealkylation sites (N-methyl/N-ethyl adjacent to an activating group) is 1. The number of hydrogen-bond donors (Lipinski definition) is 1. The van der Waals surface area contributed by atoms with Crippen molar-refractivity contribution in [1.82, 2.24) is 9.88 Å². The van der Waals surface area contributed by atoms with Crippen LogP contribution in [0.3, 0.4) is 0 Å². The number of aromatic nitrogens is 1. The maximum absolute atomic E-state index is 6.33. The number of rotatable bonds is 5. The molecule has 106 valence electrons. The zero-order valence-electron chi connectivity index (χ0n) is 11.3. The molecule has 0 fully saturated rings. The van der Waals surface area contributed by atoms with Gasteiger partial charge in [-0.1, -0.05) is 39.7 Å². The van der Waals surface area contributed by atoms with Gasteiger partial charge in [0, 0.05) is 41.0 Å². The lowest BCUT2D eigenvalue weighted by Gasteiger charge is -2.28. The molecule has 1 aromatic carbocycles. The monoisotopic (exact) mass is 353 g/mol. The van der Waals surface area contributed by atoms with Gasteiger partial charge in [0.25, 0.3) is 0 Å². The quantitative estimate of drug-likeness (QED) is 0.891. The number of benzene rings is 1. The van der Waals surface area contributed by atoms with Crippen molar-refractivity contribution >= 4 is 27.5 Å². The molecule has 2 aromatic rings. The summed E-state index contributed by atoms with van der Waals surface area (Å²) in [6.45, 7) is 1.29. The number of nitrogens with two attached hydrogens (primary N) is 1. The van der Waals surface area contributed by atoms with Crippen LogP contribution in [0.25, 0.3) is 0 Å². The minimum atomic E-state index is 0.0795. The Morgan fingerprint density at radius 2 is 2.20 bits per heavy atom. The molecule has 3 nitrogen and oxygen atoms in total. The Bertz CT molecular complexity index is 562. The maximum Gasteiger partial charge on any atom is 0.0485 e. The molecule has 5 heteroatoms. The Labute approximate surface area is 132 Å². The summed E-state index contributed by atoms with van der Waals surface area (Å²) in [4.78, 5) is 6.32. The SMILES string of the molecule is CN(Cc1cccnc1)C(CN)c1ccc(Br)cc1Cl. The van der Waals surface area contributed by atoms with E-state index in [1.54, 1.807) is 6.20 Å². The molecule has 0 radical (unpaired) electrons. The van der Waals surface area contributed by atoms with Crippen LogP contribution in [0.2, 0.25) is 5.02 Å². The first-order valence-electron chi connectivity index (χ1n) is 6.36. The van der Waals surface area contributed by atoms with E-state index in [1.807, 2.05) is 37.5 Å². The van der Waals surface area contributed by atoms with Crippen LogP contribution in [0.4, 0.5) is 0 Å². The highest BCUT2D eigenvalue weighted by atomic mass is 79.9. The lowest BCUT2D eigenvalue weighted by Crippen LogP contribution is -2.30. The molecule has 1 heterocycles. The molecule has 2 N–H and O–H groups in total.